The van der Waals surface area contributed by atoms with E-state index >= 15 is 0 Å². The summed E-state index contributed by atoms with van der Waals surface area (Å²) in [7, 11) is 2.01. The smallest absolute Gasteiger partial charge is 0.410 e. The van der Waals surface area contributed by atoms with Gasteiger partial charge in [0.05, 0.1) is 13.1 Å². The summed E-state index contributed by atoms with van der Waals surface area (Å²) < 4.78 is 13.4. The van der Waals surface area contributed by atoms with Crippen molar-refractivity contribution >= 4 is 17.0 Å². The van der Waals surface area contributed by atoms with E-state index in [-0.39, 0.29) is 6.09 Å². The van der Waals surface area contributed by atoms with Crippen molar-refractivity contribution in [2.75, 3.05) is 13.2 Å². The number of amides is 1. The fraction of sp³-hybridized carbons (Fsp3) is 0.471. The van der Waals surface area contributed by atoms with Gasteiger partial charge >= 0.3 is 6.09 Å². The topological polar surface area (TPSA) is 43.7 Å². The molecule has 0 bridgehead atoms. The van der Waals surface area contributed by atoms with Gasteiger partial charge < -0.3 is 18.9 Å². The SMILES string of the molecule is Cn1ccc2c3c(ccc21)OCCN(C(=O)OC(C)(C)C)C3. The Morgan fingerprint density at radius 1 is 1.27 bits per heavy atom. The quantitative estimate of drug-likeness (QED) is 0.750. The third-order valence-electron chi connectivity index (χ3n) is 3.76. The Kier molecular flexibility index (Phi) is 3.51. The molecule has 1 aliphatic rings. The number of aromatic nitrogens is 1. The van der Waals surface area contributed by atoms with Gasteiger partial charge in [-0.2, -0.15) is 0 Å². The highest BCUT2D eigenvalue weighted by atomic mass is 16.6. The number of benzene rings is 1. The minimum atomic E-state index is -0.494. The molecule has 0 spiro atoms. The first-order valence-electron chi connectivity index (χ1n) is 7.53. The monoisotopic (exact) mass is 302 g/mol. The fourth-order valence-electron chi connectivity index (χ4n) is 2.71. The summed E-state index contributed by atoms with van der Waals surface area (Å²) in [6, 6.07) is 6.10. The van der Waals surface area contributed by atoms with Gasteiger partial charge in [-0.15, -0.1) is 0 Å². The van der Waals surface area contributed by atoms with Gasteiger partial charge in [0.25, 0.3) is 0 Å². The van der Waals surface area contributed by atoms with Crippen molar-refractivity contribution < 1.29 is 14.3 Å². The molecule has 0 aliphatic carbocycles. The van der Waals surface area contributed by atoms with Crippen LogP contribution in [0.1, 0.15) is 26.3 Å². The van der Waals surface area contributed by atoms with E-state index in [4.69, 9.17) is 9.47 Å². The van der Waals surface area contributed by atoms with Crippen molar-refractivity contribution in [3.05, 3.63) is 30.0 Å². The molecule has 2 heterocycles. The zero-order valence-corrected chi connectivity index (χ0v) is 13.5. The van der Waals surface area contributed by atoms with Crippen LogP contribution in [0.15, 0.2) is 24.4 Å². The molecule has 22 heavy (non-hydrogen) atoms. The largest absolute Gasteiger partial charge is 0.491 e. The van der Waals surface area contributed by atoms with Gasteiger partial charge in [0.15, 0.2) is 0 Å². The summed E-state index contributed by atoms with van der Waals surface area (Å²) in [6.07, 6.45) is 1.73. The van der Waals surface area contributed by atoms with Gasteiger partial charge in [0.1, 0.15) is 18.0 Å². The molecule has 0 saturated carbocycles. The molecule has 1 aliphatic heterocycles. The van der Waals surface area contributed by atoms with Crippen molar-refractivity contribution in [3.63, 3.8) is 0 Å². The second-order valence-corrected chi connectivity index (χ2v) is 6.65. The lowest BCUT2D eigenvalue weighted by atomic mass is 10.1. The van der Waals surface area contributed by atoms with E-state index in [0.717, 1.165) is 22.2 Å². The minimum Gasteiger partial charge on any atom is -0.491 e. The van der Waals surface area contributed by atoms with Crippen LogP contribution >= 0.6 is 0 Å². The van der Waals surface area contributed by atoms with Crippen LogP contribution in [0.4, 0.5) is 4.79 Å². The predicted octanol–water partition coefficient (Wildman–Crippen LogP) is 3.31. The molecule has 2 aromatic rings. The maximum atomic E-state index is 12.4. The molecule has 5 heteroatoms. The van der Waals surface area contributed by atoms with Crippen LogP contribution in [0.5, 0.6) is 5.75 Å². The molecular weight excluding hydrogens is 280 g/mol. The summed E-state index contributed by atoms with van der Waals surface area (Å²) >= 11 is 0. The van der Waals surface area contributed by atoms with Crippen LogP contribution in [0.2, 0.25) is 0 Å². The fourth-order valence-corrected chi connectivity index (χ4v) is 2.71. The van der Waals surface area contributed by atoms with Crippen LogP contribution in [-0.4, -0.2) is 34.3 Å². The van der Waals surface area contributed by atoms with Gasteiger partial charge in [-0.3, -0.25) is 0 Å². The number of aryl methyl sites for hydroxylation is 1. The number of ether oxygens (including phenoxy) is 2. The van der Waals surface area contributed by atoms with Crippen LogP contribution in [0.3, 0.4) is 0 Å². The van der Waals surface area contributed by atoms with Crippen molar-refractivity contribution in [3.8, 4) is 5.75 Å². The van der Waals surface area contributed by atoms with E-state index in [9.17, 15) is 4.79 Å². The lowest BCUT2D eigenvalue weighted by Gasteiger charge is -2.26. The summed E-state index contributed by atoms with van der Waals surface area (Å²) in [5.74, 6) is 0.852. The third-order valence-corrected chi connectivity index (χ3v) is 3.76. The molecule has 3 rings (SSSR count). The molecule has 1 amide bonds. The Labute approximate surface area is 130 Å². The molecule has 118 valence electrons. The molecular formula is C17H22N2O3. The van der Waals surface area contributed by atoms with Crippen LogP contribution in [-0.2, 0) is 18.3 Å². The molecule has 0 atom stereocenters. The summed E-state index contributed by atoms with van der Waals surface area (Å²) in [6.45, 7) is 7.14. The number of carbonyl (C=O) groups excluding carboxylic acids is 1. The number of hydrogen-bond acceptors (Lipinski definition) is 3. The highest BCUT2D eigenvalue weighted by molar-refractivity contribution is 5.86. The molecule has 5 nitrogen and oxygen atoms in total. The second-order valence-electron chi connectivity index (χ2n) is 6.65. The summed E-state index contributed by atoms with van der Waals surface area (Å²) in [5.41, 5.74) is 1.68. The Bertz CT molecular complexity index is 712. The normalized spacial score (nSPS) is 15.2. The Balaban J connectivity index is 1.94. The molecule has 0 fully saturated rings. The van der Waals surface area contributed by atoms with Crippen molar-refractivity contribution in [2.24, 2.45) is 7.05 Å². The number of rotatable bonds is 0. The summed E-state index contributed by atoms with van der Waals surface area (Å²) in [4.78, 5) is 14.1. The second kappa shape index (κ2) is 5.23. The molecule has 1 aromatic carbocycles. The number of nitrogens with zero attached hydrogens (tertiary/aromatic N) is 2. The lowest BCUT2D eigenvalue weighted by Crippen LogP contribution is -2.37. The van der Waals surface area contributed by atoms with E-state index in [1.807, 2.05) is 40.1 Å². The van der Waals surface area contributed by atoms with Gasteiger partial charge in [0, 0.05) is 29.7 Å². The molecule has 1 aromatic heterocycles. The van der Waals surface area contributed by atoms with Crippen molar-refractivity contribution in [2.45, 2.75) is 32.9 Å². The summed E-state index contributed by atoms with van der Waals surface area (Å²) in [5, 5.41) is 1.12. The van der Waals surface area contributed by atoms with Crippen LogP contribution in [0.25, 0.3) is 10.9 Å². The van der Waals surface area contributed by atoms with Gasteiger partial charge in [-0.1, -0.05) is 0 Å². The predicted molar refractivity (Wildman–Crippen MR) is 85.1 cm³/mol. The highest BCUT2D eigenvalue weighted by Gasteiger charge is 2.26. The Morgan fingerprint density at radius 2 is 2.05 bits per heavy atom. The van der Waals surface area contributed by atoms with E-state index in [0.29, 0.717) is 19.7 Å². The van der Waals surface area contributed by atoms with E-state index in [1.165, 1.54) is 0 Å². The van der Waals surface area contributed by atoms with Gasteiger partial charge in [-0.25, -0.2) is 4.79 Å². The van der Waals surface area contributed by atoms with Crippen LogP contribution < -0.4 is 4.74 Å². The first-order valence-corrected chi connectivity index (χ1v) is 7.53. The van der Waals surface area contributed by atoms with E-state index in [2.05, 4.69) is 16.7 Å². The van der Waals surface area contributed by atoms with E-state index in [1.54, 1.807) is 4.90 Å². The Hall–Kier alpha value is -2.17. The molecule has 0 radical (unpaired) electrons. The minimum absolute atomic E-state index is 0.295. The molecule has 0 saturated heterocycles. The Morgan fingerprint density at radius 3 is 2.77 bits per heavy atom. The zero-order chi connectivity index (χ0) is 15.9. The number of carbonyl (C=O) groups is 1. The molecule has 0 N–H and O–H groups in total. The average Bonchev–Trinajstić information content (AvgIpc) is 2.68. The first-order chi connectivity index (χ1) is 10.3. The van der Waals surface area contributed by atoms with Crippen LogP contribution in [0, 0.1) is 0 Å². The van der Waals surface area contributed by atoms with Gasteiger partial charge in [-0.05, 0) is 39.0 Å². The van der Waals surface area contributed by atoms with Crippen molar-refractivity contribution in [1.29, 1.82) is 0 Å². The number of fused-ring (bicyclic) bond motifs is 3. The van der Waals surface area contributed by atoms with Crippen molar-refractivity contribution in [1.82, 2.24) is 9.47 Å². The lowest BCUT2D eigenvalue weighted by molar-refractivity contribution is 0.0226. The standard InChI is InChI=1S/C17H22N2O3/c1-17(2,3)22-16(20)19-9-10-21-15-6-5-14-12(13(15)11-19)7-8-18(14)4/h5-8H,9-11H2,1-4H3. The van der Waals surface area contributed by atoms with Gasteiger partial charge in [0.2, 0.25) is 0 Å². The maximum Gasteiger partial charge on any atom is 0.410 e. The average molecular weight is 302 g/mol. The van der Waals surface area contributed by atoms with E-state index < -0.39 is 5.60 Å². The maximum absolute atomic E-state index is 12.4. The first kappa shape index (κ1) is 14.8. The number of hydrogen-bond donors (Lipinski definition) is 0. The molecule has 0 unspecified atom stereocenters. The highest BCUT2D eigenvalue weighted by Crippen LogP contribution is 2.31. The zero-order valence-electron chi connectivity index (χ0n) is 13.5. The third kappa shape index (κ3) is 2.75.